The Kier molecular flexibility index (Phi) is 5.87. The van der Waals surface area contributed by atoms with E-state index in [2.05, 4.69) is 20.7 Å². The van der Waals surface area contributed by atoms with Gasteiger partial charge in [-0.1, -0.05) is 13.8 Å². The first kappa shape index (κ1) is 20.8. The summed E-state index contributed by atoms with van der Waals surface area (Å²) in [4.78, 5) is 30.3. The molecule has 0 bridgehead atoms. The van der Waals surface area contributed by atoms with E-state index >= 15 is 0 Å². The van der Waals surface area contributed by atoms with E-state index in [0.29, 0.717) is 13.1 Å². The smallest absolute Gasteiger partial charge is 0.353 e. The van der Waals surface area contributed by atoms with Crippen molar-refractivity contribution >= 4 is 17.5 Å². The van der Waals surface area contributed by atoms with E-state index in [-0.39, 0.29) is 29.7 Å². The Morgan fingerprint density at radius 2 is 2.14 bits per heavy atom. The minimum atomic E-state index is -4.56. The average Bonchev–Trinajstić information content (AvgIpc) is 3.15. The fourth-order valence-corrected chi connectivity index (χ4v) is 3.35. The lowest BCUT2D eigenvalue weighted by Crippen LogP contribution is -2.58. The fourth-order valence-electron chi connectivity index (χ4n) is 3.35. The molecule has 1 aliphatic rings. The standard InChI is InChI=1S/C18H21F3N6O2/c1-11(2)16-17(29)23-5-6-26(16)8-15(28)25-13-7-12(18(19,20)21)3-4-14(13)27-10-22-9-24-27/h3-4,7,9-11,16H,5-6,8H2,1-2H3,(H,23,29)(H,25,28). The van der Waals surface area contributed by atoms with Crippen LogP contribution in [0.3, 0.4) is 0 Å². The summed E-state index contributed by atoms with van der Waals surface area (Å²) in [5.74, 6) is -0.713. The molecule has 0 saturated carbocycles. The molecule has 1 saturated heterocycles. The van der Waals surface area contributed by atoms with E-state index in [1.54, 1.807) is 4.90 Å². The molecule has 0 aliphatic carbocycles. The number of amides is 2. The largest absolute Gasteiger partial charge is 0.416 e. The highest BCUT2D eigenvalue weighted by atomic mass is 19.4. The molecule has 2 heterocycles. The number of alkyl halides is 3. The van der Waals surface area contributed by atoms with Gasteiger partial charge in [-0.15, -0.1) is 0 Å². The summed E-state index contributed by atoms with van der Waals surface area (Å²) in [6.45, 7) is 4.50. The van der Waals surface area contributed by atoms with Gasteiger partial charge in [0.1, 0.15) is 12.7 Å². The van der Waals surface area contributed by atoms with Gasteiger partial charge in [-0.3, -0.25) is 14.5 Å². The van der Waals surface area contributed by atoms with Crippen molar-refractivity contribution in [1.29, 1.82) is 0 Å². The molecule has 2 aromatic rings. The maximum Gasteiger partial charge on any atom is 0.416 e. The van der Waals surface area contributed by atoms with E-state index in [1.807, 2.05) is 13.8 Å². The Bertz CT molecular complexity index is 882. The van der Waals surface area contributed by atoms with Gasteiger partial charge >= 0.3 is 6.18 Å². The zero-order valence-corrected chi connectivity index (χ0v) is 15.9. The number of halogens is 3. The van der Waals surface area contributed by atoms with Crippen molar-refractivity contribution in [1.82, 2.24) is 25.0 Å². The molecule has 2 N–H and O–H groups in total. The molecule has 1 unspecified atom stereocenters. The lowest BCUT2D eigenvalue weighted by molar-refractivity contribution is -0.137. The third-order valence-electron chi connectivity index (χ3n) is 4.60. The first-order valence-corrected chi connectivity index (χ1v) is 9.04. The van der Waals surface area contributed by atoms with E-state index in [1.165, 1.54) is 23.4 Å². The summed E-state index contributed by atoms with van der Waals surface area (Å²) in [5.41, 5.74) is -0.687. The average molecular weight is 410 g/mol. The third kappa shape index (κ3) is 4.73. The second-order valence-corrected chi connectivity index (χ2v) is 7.07. The lowest BCUT2D eigenvalue weighted by Gasteiger charge is -2.36. The Morgan fingerprint density at radius 1 is 1.38 bits per heavy atom. The van der Waals surface area contributed by atoms with Crippen molar-refractivity contribution in [2.75, 3.05) is 25.0 Å². The molecular formula is C18H21F3N6O2. The normalized spacial score (nSPS) is 18.0. The predicted octanol–water partition coefficient (Wildman–Crippen LogP) is 1.68. The summed E-state index contributed by atoms with van der Waals surface area (Å²) in [7, 11) is 0. The summed E-state index contributed by atoms with van der Waals surface area (Å²) in [5, 5.41) is 9.21. The number of carbonyl (C=O) groups excluding carboxylic acids is 2. The SMILES string of the molecule is CC(C)C1C(=O)NCCN1CC(=O)Nc1cc(C(F)(F)F)ccc1-n1cncn1. The molecule has 0 spiro atoms. The van der Waals surface area contributed by atoms with Gasteiger partial charge in [0, 0.05) is 13.1 Å². The molecule has 1 aromatic heterocycles. The predicted molar refractivity (Wildman–Crippen MR) is 98.2 cm³/mol. The highest BCUT2D eigenvalue weighted by molar-refractivity contribution is 5.95. The number of aromatic nitrogens is 3. The first-order chi connectivity index (χ1) is 13.7. The number of hydrogen-bond donors (Lipinski definition) is 2. The zero-order chi connectivity index (χ0) is 21.2. The Hall–Kier alpha value is -2.95. The monoisotopic (exact) mass is 410 g/mol. The number of benzene rings is 1. The van der Waals surface area contributed by atoms with Gasteiger partial charge in [0.15, 0.2) is 0 Å². The number of anilines is 1. The van der Waals surface area contributed by atoms with Crippen LogP contribution in [0.25, 0.3) is 5.69 Å². The van der Waals surface area contributed by atoms with Crippen LogP contribution in [-0.4, -0.2) is 57.2 Å². The Morgan fingerprint density at radius 3 is 2.76 bits per heavy atom. The van der Waals surface area contributed by atoms with Crippen molar-refractivity contribution < 1.29 is 22.8 Å². The van der Waals surface area contributed by atoms with E-state index in [9.17, 15) is 22.8 Å². The maximum absolute atomic E-state index is 13.1. The van der Waals surface area contributed by atoms with Crippen LogP contribution in [0.2, 0.25) is 0 Å². The highest BCUT2D eigenvalue weighted by Gasteiger charge is 2.34. The molecule has 8 nitrogen and oxygen atoms in total. The van der Waals surface area contributed by atoms with Crippen LogP contribution < -0.4 is 10.6 Å². The molecule has 156 valence electrons. The van der Waals surface area contributed by atoms with Crippen LogP contribution in [0.1, 0.15) is 19.4 Å². The summed E-state index contributed by atoms with van der Waals surface area (Å²) in [6.07, 6.45) is -2.00. The Balaban J connectivity index is 1.84. The molecule has 0 radical (unpaired) electrons. The lowest BCUT2D eigenvalue weighted by atomic mass is 9.99. The van der Waals surface area contributed by atoms with Crippen molar-refractivity contribution in [2.24, 2.45) is 5.92 Å². The number of carbonyl (C=O) groups is 2. The molecule has 11 heteroatoms. The van der Waals surface area contributed by atoms with Crippen molar-refractivity contribution in [2.45, 2.75) is 26.1 Å². The quantitative estimate of drug-likeness (QED) is 0.783. The van der Waals surface area contributed by atoms with E-state index < -0.39 is 23.7 Å². The van der Waals surface area contributed by atoms with Crippen LogP contribution >= 0.6 is 0 Å². The van der Waals surface area contributed by atoms with Gasteiger partial charge in [-0.25, -0.2) is 9.67 Å². The van der Waals surface area contributed by atoms with Crippen LogP contribution in [-0.2, 0) is 15.8 Å². The summed E-state index contributed by atoms with van der Waals surface area (Å²) >= 11 is 0. The van der Waals surface area contributed by atoms with Crippen molar-refractivity contribution in [3.8, 4) is 5.69 Å². The number of nitrogens with zero attached hydrogens (tertiary/aromatic N) is 4. The molecule has 2 amide bonds. The van der Waals surface area contributed by atoms with Gasteiger partial charge in [0.05, 0.1) is 29.5 Å². The molecule has 1 aliphatic heterocycles. The number of rotatable bonds is 5. The zero-order valence-electron chi connectivity index (χ0n) is 15.9. The van der Waals surface area contributed by atoms with Crippen molar-refractivity contribution in [3.05, 3.63) is 36.4 Å². The fraction of sp³-hybridized carbons (Fsp3) is 0.444. The second-order valence-electron chi connectivity index (χ2n) is 7.07. The molecule has 1 fully saturated rings. The summed E-state index contributed by atoms with van der Waals surface area (Å²) in [6, 6.07) is 2.51. The molecule has 1 atom stereocenters. The highest BCUT2D eigenvalue weighted by Crippen LogP contribution is 2.33. The summed E-state index contributed by atoms with van der Waals surface area (Å²) < 4.78 is 40.7. The van der Waals surface area contributed by atoms with Crippen molar-refractivity contribution in [3.63, 3.8) is 0 Å². The van der Waals surface area contributed by atoms with Gasteiger partial charge in [-0.05, 0) is 24.1 Å². The topological polar surface area (TPSA) is 92.2 Å². The van der Waals surface area contributed by atoms with Gasteiger partial charge in [0.2, 0.25) is 11.8 Å². The van der Waals surface area contributed by atoms with Crippen LogP contribution in [0, 0.1) is 5.92 Å². The first-order valence-electron chi connectivity index (χ1n) is 9.04. The van der Waals surface area contributed by atoms with Crippen LogP contribution in [0.5, 0.6) is 0 Å². The molecule has 29 heavy (non-hydrogen) atoms. The Labute approximate surface area is 165 Å². The number of piperazine rings is 1. The van der Waals surface area contributed by atoms with Gasteiger partial charge < -0.3 is 10.6 Å². The van der Waals surface area contributed by atoms with E-state index in [0.717, 1.165) is 12.1 Å². The second kappa shape index (κ2) is 8.19. The molecule has 3 rings (SSSR count). The minimum absolute atomic E-state index is 0.0256. The van der Waals surface area contributed by atoms with Gasteiger partial charge in [-0.2, -0.15) is 18.3 Å². The minimum Gasteiger partial charge on any atom is -0.353 e. The van der Waals surface area contributed by atoms with Gasteiger partial charge in [0.25, 0.3) is 0 Å². The number of nitrogens with one attached hydrogen (secondary N) is 2. The number of hydrogen-bond acceptors (Lipinski definition) is 5. The molecular weight excluding hydrogens is 389 g/mol. The maximum atomic E-state index is 13.1. The van der Waals surface area contributed by atoms with E-state index in [4.69, 9.17) is 0 Å². The van der Waals surface area contributed by atoms with Crippen LogP contribution in [0.15, 0.2) is 30.9 Å². The molecule has 1 aromatic carbocycles. The van der Waals surface area contributed by atoms with Crippen LogP contribution in [0.4, 0.5) is 18.9 Å². The third-order valence-corrected chi connectivity index (χ3v) is 4.60.